The molecule has 0 aliphatic carbocycles. The Balaban J connectivity index is 1.99. The molecule has 2 heterocycles. The van der Waals surface area contributed by atoms with Gasteiger partial charge in [0.1, 0.15) is 10.7 Å². The first-order chi connectivity index (χ1) is 7.70. The Hall–Kier alpha value is -0.760. The molecule has 1 aliphatic rings. The van der Waals surface area contributed by atoms with Crippen LogP contribution in [0.15, 0.2) is 0 Å². The number of nitrogens with one attached hydrogen (secondary N) is 1. The van der Waals surface area contributed by atoms with Crippen molar-refractivity contribution in [2.75, 3.05) is 32.1 Å². The first-order valence-electron chi connectivity index (χ1n) is 5.41. The smallest absolute Gasteiger partial charge is 0.148 e. The summed E-state index contributed by atoms with van der Waals surface area (Å²) in [5, 5.41) is 4.97. The van der Waals surface area contributed by atoms with E-state index in [2.05, 4.69) is 38.8 Å². The molecule has 3 N–H and O–H groups in total. The number of nitrogens with zero attached hydrogens (tertiary/aromatic N) is 4. The first-order valence-corrected chi connectivity index (χ1v) is 6.18. The second-order valence-corrected chi connectivity index (χ2v) is 5.03. The highest BCUT2D eigenvalue weighted by Crippen LogP contribution is 2.20. The van der Waals surface area contributed by atoms with Gasteiger partial charge in [0.2, 0.25) is 0 Å². The Bertz CT molecular complexity index is 340. The fourth-order valence-corrected chi connectivity index (χ4v) is 2.51. The lowest BCUT2D eigenvalue weighted by molar-refractivity contribution is 0.0929. The normalized spacial score (nSPS) is 23.6. The number of likely N-dealkylation sites (N-methyl/N-ethyl adjacent to an activating group) is 1. The first kappa shape index (κ1) is 11.7. The van der Waals surface area contributed by atoms with Crippen molar-refractivity contribution in [1.29, 1.82) is 0 Å². The maximum Gasteiger partial charge on any atom is 0.148 e. The van der Waals surface area contributed by atoms with Crippen LogP contribution in [0.4, 0.5) is 5.00 Å². The van der Waals surface area contributed by atoms with Crippen LogP contribution in [0.3, 0.4) is 0 Å². The molecule has 16 heavy (non-hydrogen) atoms. The molecule has 1 aromatic heterocycles. The molecule has 1 aromatic rings. The van der Waals surface area contributed by atoms with Crippen molar-refractivity contribution in [2.24, 2.45) is 5.84 Å². The van der Waals surface area contributed by atoms with Gasteiger partial charge in [0.15, 0.2) is 0 Å². The summed E-state index contributed by atoms with van der Waals surface area (Å²) in [7, 11) is 2.16. The van der Waals surface area contributed by atoms with Crippen LogP contribution >= 0.6 is 11.5 Å². The van der Waals surface area contributed by atoms with Crippen molar-refractivity contribution in [1.82, 2.24) is 19.4 Å². The molecule has 6 nitrogen and oxygen atoms in total. The number of rotatable bonds is 3. The van der Waals surface area contributed by atoms with Crippen molar-refractivity contribution < 1.29 is 0 Å². The third kappa shape index (κ3) is 2.49. The van der Waals surface area contributed by atoms with Gasteiger partial charge in [0.05, 0.1) is 0 Å². The lowest BCUT2D eigenvalue weighted by atomic mass is 10.2. The molecule has 1 unspecified atom stereocenters. The Morgan fingerprint density at radius 3 is 3.06 bits per heavy atom. The van der Waals surface area contributed by atoms with E-state index in [1.165, 1.54) is 11.5 Å². The number of nitrogens with two attached hydrogens (primary N) is 1. The SMILES string of the molecule is CC1CN(C)CCN1Cc1nnsc1NN. The van der Waals surface area contributed by atoms with Crippen molar-refractivity contribution in [3.05, 3.63) is 5.69 Å². The molecule has 90 valence electrons. The molecule has 0 bridgehead atoms. The quantitative estimate of drug-likeness (QED) is 0.572. The van der Waals surface area contributed by atoms with Gasteiger partial charge in [0, 0.05) is 43.8 Å². The van der Waals surface area contributed by atoms with Gasteiger partial charge in [-0.1, -0.05) is 4.49 Å². The van der Waals surface area contributed by atoms with Crippen molar-refractivity contribution in [3.8, 4) is 0 Å². The van der Waals surface area contributed by atoms with Crippen LogP contribution in [-0.2, 0) is 6.54 Å². The Kier molecular flexibility index (Phi) is 3.70. The van der Waals surface area contributed by atoms with E-state index in [1.54, 1.807) is 0 Å². The van der Waals surface area contributed by atoms with E-state index in [4.69, 9.17) is 5.84 Å². The standard InChI is InChI=1S/C9H18N6S/c1-7-5-14(2)3-4-15(7)6-8-9(11-10)16-13-12-8/h7,11H,3-6,10H2,1-2H3. The third-order valence-corrected chi connectivity index (χ3v) is 3.71. The molecule has 2 rings (SSSR count). The highest BCUT2D eigenvalue weighted by atomic mass is 32.1. The second kappa shape index (κ2) is 5.05. The molecular formula is C9H18N6S. The van der Waals surface area contributed by atoms with E-state index in [1.807, 2.05) is 0 Å². The van der Waals surface area contributed by atoms with Crippen LogP contribution in [-0.4, -0.2) is 52.1 Å². The summed E-state index contributed by atoms with van der Waals surface area (Å²) in [5.41, 5.74) is 3.59. The maximum absolute atomic E-state index is 5.41. The van der Waals surface area contributed by atoms with Gasteiger partial charge < -0.3 is 10.3 Å². The molecule has 1 saturated heterocycles. The second-order valence-electron chi connectivity index (χ2n) is 4.27. The van der Waals surface area contributed by atoms with E-state index in [-0.39, 0.29) is 0 Å². The van der Waals surface area contributed by atoms with E-state index < -0.39 is 0 Å². The van der Waals surface area contributed by atoms with Gasteiger partial charge >= 0.3 is 0 Å². The number of hydrogen-bond donors (Lipinski definition) is 2. The fraction of sp³-hybridized carbons (Fsp3) is 0.778. The van der Waals surface area contributed by atoms with Crippen LogP contribution in [0, 0.1) is 0 Å². The molecule has 1 atom stereocenters. The number of nitrogen functional groups attached to an aromatic ring is 1. The molecule has 0 saturated carbocycles. The summed E-state index contributed by atoms with van der Waals surface area (Å²) in [6.45, 7) is 6.34. The zero-order valence-electron chi connectivity index (χ0n) is 9.68. The predicted molar refractivity (Wildman–Crippen MR) is 65.1 cm³/mol. The van der Waals surface area contributed by atoms with Gasteiger partial charge in [-0.05, 0) is 14.0 Å². The summed E-state index contributed by atoms with van der Waals surface area (Å²) < 4.78 is 3.91. The minimum absolute atomic E-state index is 0.547. The molecule has 0 radical (unpaired) electrons. The van der Waals surface area contributed by atoms with Crippen LogP contribution in [0.5, 0.6) is 0 Å². The largest absolute Gasteiger partial charge is 0.313 e. The van der Waals surface area contributed by atoms with E-state index >= 15 is 0 Å². The summed E-state index contributed by atoms with van der Waals surface area (Å²) in [5.74, 6) is 5.41. The van der Waals surface area contributed by atoms with Crippen molar-refractivity contribution >= 4 is 16.5 Å². The number of hydrazine groups is 1. The van der Waals surface area contributed by atoms with Gasteiger partial charge in [-0.3, -0.25) is 4.90 Å². The maximum atomic E-state index is 5.41. The summed E-state index contributed by atoms with van der Waals surface area (Å²) in [6.07, 6.45) is 0. The molecule has 0 spiro atoms. The van der Waals surface area contributed by atoms with Crippen LogP contribution in [0.1, 0.15) is 12.6 Å². The van der Waals surface area contributed by atoms with E-state index in [0.717, 1.165) is 36.9 Å². The number of aromatic nitrogens is 2. The van der Waals surface area contributed by atoms with E-state index in [9.17, 15) is 0 Å². The zero-order chi connectivity index (χ0) is 11.5. The van der Waals surface area contributed by atoms with Crippen molar-refractivity contribution in [3.63, 3.8) is 0 Å². The molecule has 1 fully saturated rings. The topological polar surface area (TPSA) is 70.3 Å². The number of piperazine rings is 1. The summed E-state index contributed by atoms with van der Waals surface area (Å²) in [6, 6.07) is 0.547. The number of anilines is 1. The van der Waals surface area contributed by atoms with Crippen LogP contribution in [0.25, 0.3) is 0 Å². The Morgan fingerprint density at radius 2 is 2.38 bits per heavy atom. The van der Waals surface area contributed by atoms with Crippen molar-refractivity contribution in [2.45, 2.75) is 19.5 Å². The summed E-state index contributed by atoms with van der Waals surface area (Å²) in [4.78, 5) is 4.76. The van der Waals surface area contributed by atoms with Gasteiger partial charge in [0.25, 0.3) is 0 Å². The summed E-state index contributed by atoms with van der Waals surface area (Å²) >= 11 is 1.31. The molecule has 7 heteroatoms. The van der Waals surface area contributed by atoms with Crippen LogP contribution < -0.4 is 11.3 Å². The Morgan fingerprint density at radius 1 is 1.56 bits per heavy atom. The minimum atomic E-state index is 0.547. The molecular weight excluding hydrogens is 224 g/mol. The predicted octanol–water partition coefficient (Wildman–Crippen LogP) is -0.0404. The highest BCUT2D eigenvalue weighted by Gasteiger charge is 2.23. The van der Waals surface area contributed by atoms with E-state index in [0.29, 0.717) is 6.04 Å². The Labute approximate surface area is 99.5 Å². The fourth-order valence-electron chi connectivity index (χ4n) is 2.03. The molecule has 0 aromatic carbocycles. The zero-order valence-corrected chi connectivity index (χ0v) is 10.5. The molecule has 0 amide bonds. The lowest BCUT2D eigenvalue weighted by Crippen LogP contribution is -2.49. The lowest BCUT2D eigenvalue weighted by Gasteiger charge is -2.37. The average Bonchev–Trinajstić information content (AvgIpc) is 2.69. The third-order valence-electron chi connectivity index (χ3n) is 3.01. The van der Waals surface area contributed by atoms with Gasteiger partial charge in [-0.2, -0.15) is 0 Å². The number of hydrogen-bond acceptors (Lipinski definition) is 7. The minimum Gasteiger partial charge on any atom is -0.313 e. The van der Waals surface area contributed by atoms with Crippen LogP contribution in [0.2, 0.25) is 0 Å². The highest BCUT2D eigenvalue weighted by molar-refractivity contribution is 7.10. The van der Waals surface area contributed by atoms with Gasteiger partial charge in [-0.25, -0.2) is 5.84 Å². The van der Waals surface area contributed by atoms with Gasteiger partial charge in [-0.15, -0.1) is 5.10 Å². The molecule has 1 aliphatic heterocycles. The average molecular weight is 242 g/mol. The monoisotopic (exact) mass is 242 g/mol.